The molecule has 0 N–H and O–H groups in total. The molecule has 0 bridgehead atoms. The minimum atomic E-state index is 0.654. The Kier molecular flexibility index (Phi) is 2.48. The zero-order valence-corrected chi connectivity index (χ0v) is 7.96. The zero-order chi connectivity index (χ0) is 9.80. The van der Waals surface area contributed by atoms with Crippen LogP contribution in [0.4, 0.5) is 0 Å². The van der Waals surface area contributed by atoms with Crippen LogP contribution < -0.4 is 0 Å². The maximum Gasteiger partial charge on any atom is 0.205 e. The molecule has 0 amide bonds. The lowest BCUT2D eigenvalue weighted by Gasteiger charge is -1.92. The number of hydrogen-bond acceptors (Lipinski definition) is 4. The van der Waals surface area contributed by atoms with Crippen LogP contribution in [0.3, 0.4) is 0 Å². The van der Waals surface area contributed by atoms with E-state index in [0.717, 1.165) is 18.5 Å². The standard InChI is InChI=1S/C9H11N5/c1-2-7-14-12-9(11-13-14)8-3-5-10-6-4-8/h3-6H,2,7H2,1H3. The van der Waals surface area contributed by atoms with Gasteiger partial charge in [0.15, 0.2) is 0 Å². The van der Waals surface area contributed by atoms with Crippen molar-refractivity contribution >= 4 is 0 Å². The van der Waals surface area contributed by atoms with E-state index < -0.39 is 0 Å². The predicted octanol–water partition coefficient (Wildman–Crippen LogP) is 1.15. The summed E-state index contributed by atoms with van der Waals surface area (Å²) in [6.45, 7) is 2.88. The third-order valence-corrected chi connectivity index (χ3v) is 1.81. The molecule has 0 aromatic carbocycles. The molecule has 0 aliphatic heterocycles. The van der Waals surface area contributed by atoms with Gasteiger partial charge in [-0.1, -0.05) is 6.92 Å². The lowest BCUT2D eigenvalue weighted by molar-refractivity contribution is 0.515. The topological polar surface area (TPSA) is 56.5 Å². The molecule has 0 fully saturated rings. The van der Waals surface area contributed by atoms with Gasteiger partial charge in [-0.2, -0.15) is 4.80 Å². The van der Waals surface area contributed by atoms with Crippen LogP contribution in [-0.2, 0) is 6.54 Å². The average Bonchev–Trinajstić information content (AvgIpc) is 2.68. The van der Waals surface area contributed by atoms with Gasteiger partial charge in [0, 0.05) is 18.0 Å². The van der Waals surface area contributed by atoms with Crippen LogP contribution in [0.5, 0.6) is 0 Å². The van der Waals surface area contributed by atoms with Crippen molar-refractivity contribution in [1.29, 1.82) is 0 Å². The molecular formula is C9H11N5. The Morgan fingerprint density at radius 3 is 2.79 bits per heavy atom. The van der Waals surface area contributed by atoms with Crippen LogP contribution in [0, 0.1) is 0 Å². The van der Waals surface area contributed by atoms with E-state index in [1.807, 2.05) is 12.1 Å². The molecule has 0 unspecified atom stereocenters. The van der Waals surface area contributed by atoms with Crippen molar-refractivity contribution in [2.75, 3.05) is 0 Å². The van der Waals surface area contributed by atoms with Crippen molar-refractivity contribution < 1.29 is 0 Å². The van der Waals surface area contributed by atoms with Gasteiger partial charge in [0.2, 0.25) is 5.82 Å². The summed E-state index contributed by atoms with van der Waals surface area (Å²) in [6.07, 6.45) is 4.44. The maximum atomic E-state index is 4.24. The smallest absolute Gasteiger partial charge is 0.205 e. The summed E-state index contributed by atoms with van der Waals surface area (Å²) < 4.78 is 0. The Bertz CT molecular complexity index is 395. The lowest BCUT2D eigenvalue weighted by atomic mass is 10.3. The molecule has 2 rings (SSSR count). The fraction of sp³-hybridized carbons (Fsp3) is 0.333. The molecule has 14 heavy (non-hydrogen) atoms. The summed E-state index contributed by atoms with van der Waals surface area (Å²) in [6, 6.07) is 3.74. The fourth-order valence-corrected chi connectivity index (χ4v) is 1.15. The third-order valence-electron chi connectivity index (χ3n) is 1.81. The first-order valence-electron chi connectivity index (χ1n) is 4.58. The number of hydrogen-bond donors (Lipinski definition) is 0. The van der Waals surface area contributed by atoms with Gasteiger partial charge in [0.25, 0.3) is 0 Å². The predicted molar refractivity (Wildman–Crippen MR) is 51.3 cm³/mol. The van der Waals surface area contributed by atoms with Gasteiger partial charge in [0.1, 0.15) is 0 Å². The van der Waals surface area contributed by atoms with Gasteiger partial charge in [-0.05, 0) is 23.8 Å². The quantitative estimate of drug-likeness (QED) is 0.726. The highest BCUT2D eigenvalue weighted by Gasteiger charge is 2.03. The summed E-state index contributed by atoms with van der Waals surface area (Å²) in [5.74, 6) is 0.654. The van der Waals surface area contributed by atoms with E-state index in [0.29, 0.717) is 5.82 Å². The van der Waals surface area contributed by atoms with Crippen molar-refractivity contribution in [3.05, 3.63) is 24.5 Å². The van der Waals surface area contributed by atoms with Gasteiger partial charge in [0.05, 0.1) is 6.54 Å². The average molecular weight is 189 g/mol. The molecule has 0 spiro atoms. The van der Waals surface area contributed by atoms with E-state index in [-0.39, 0.29) is 0 Å². The van der Waals surface area contributed by atoms with Gasteiger partial charge in [-0.15, -0.1) is 10.2 Å². The highest BCUT2D eigenvalue weighted by atomic mass is 15.6. The van der Waals surface area contributed by atoms with E-state index in [4.69, 9.17) is 0 Å². The van der Waals surface area contributed by atoms with E-state index in [1.165, 1.54) is 0 Å². The zero-order valence-electron chi connectivity index (χ0n) is 7.96. The number of aryl methyl sites for hydroxylation is 1. The first-order valence-corrected chi connectivity index (χ1v) is 4.58. The number of rotatable bonds is 3. The fourth-order valence-electron chi connectivity index (χ4n) is 1.15. The molecule has 0 saturated heterocycles. The number of nitrogens with zero attached hydrogens (tertiary/aromatic N) is 5. The normalized spacial score (nSPS) is 10.4. The number of tetrazole rings is 1. The van der Waals surface area contributed by atoms with Gasteiger partial charge in [-0.25, -0.2) is 0 Å². The second-order valence-electron chi connectivity index (χ2n) is 2.94. The monoisotopic (exact) mass is 189 g/mol. The van der Waals surface area contributed by atoms with Crippen LogP contribution in [0.2, 0.25) is 0 Å². The summed E-state index contributed by atoms with van der Waals surface area (Å²) in [5, 5.41) is 12.1. The largest absolute Gasteiger partial charge is 0.265 e. The van der Waals surface area contributed by atoms with E-state index in [2.05, 4.69) is 27.3 Å². The van der Waals surface area contributed by atoms with Crippen molar-refractivity contribution in [2.24, 2.45) is 0 Å². The molecule has 2 aromatic rings. The highest BCUT2D eigenvalue weighted by Crippen LogP contribution is 2.10. The van der Waals surface area contributed by atoms with Crippen LogP contribution in [0.25, 0.3) is 11.4 Å². The lowest BCUT2D eigenvalue weighted by Crippen LogP contribution is -2.00. The van der Waals surface area contributed by atoms with E-state index in [1.54, 1.807) is 17.2 Å². The molecular weight excluding hydrogens is 178 g/mol. The molecule has 0 aliphatic rings. The number of aromatic nitrogens is 5. The molecule has 0 radical (unpaired) electrons. The van der Waals surface area contributed by atoms with Crippen molar-refractivity contribution in [3.63, 3.8) is 0 Å². The van der Waals surface area contributed by atoms with E-state index in [9.17, 15) is 0 Å². The van der Waals surface area contributed by atoms with Crippen LogP contribution in [0.15, 0.2) is 24.5 Å². The van der Waals surface area contributed by atoms with Crippen LogP contribution in [-0.4, -0.2) is 25.2 Å². The van der Waals surface area contributed by atoms with Gasteiger partial charge >= 0.3 is 0 Å². The molecule has 0 atom stereocenters. The molecule has 5 nitrogen and oxygen atoms in total. The summed E-state index contributed by atoms with van der Waals surface area (Å²) in [5.41, 5.74) is 0.947. The summed E-state index contributed by atoms with van der Waals surface area (Å²) >= 11 is 0. The minimum Gasteiger partial charge on any atom is -0.265 e. The second kappa shape index (κ2) is 3.95. The third kappa shape index (κ3) is 1.76. The highest BCUT2D eigenvalue weighted by molar-refractivity contribution is 5.51. The van der Waals surface area contributed by atoms with Crippen molar-refractivity contribution in [2.45, 2.75) is 19.9 Å². The van der Waals surface area contributed by atoms with Crippen LogP contribution in [0.1, 0.15) is 13.3 Å². The van der Waals surface area contributed by atoms with Crippen molar-refractivity contribution in [1.82, 2.24) is 25.2 Å². The first-order chi connectivity index (χ1) is 6.90. The Labute approximate surface area is 81.8 Å². The van der Waals surface area contributed by atoms with E-state index >= 15 is 0 Å². The second-order valence-corrected chi connectivity index (χ2v) is 2.94. The molecule has 0 aliphatic carbocycles. The van der Waals surface area contributed by atoms with Crippen molar-refractivity contribution in [3.8, 4) is 11.4 Å². The molecule has 5 heteroatoms. The Morgan fingerprint density at radius 2 is 2.07 bits per heavy atom. The molecule has 2 heterocycles. The Balaban J connectivity index is 2.25. The SMILES string of the molecule is CCCn1nnc(-c2ccncc2)n1. The molecule has 0 saturated carbocycles. The minimum absolute atomic E-state index is 0.654. The first kappa shape index (κ1) is 8.80. The Hall–Kier alpha value is -1.78. The van der Waals surface area contributed by atoms with Gasteiger partial charge in [-0.3, -0.25) is 4.98 Å². The van der Waals surface area contributed by atoms with Gasteiger partial charge < -0.3 is 0 Å². The Morgan fingerprint density at radius 1 is 1.29 bits per heavy atom. The summed E-state index contributed by atoms with van der Waals surface area (Å²) in [4.78, 5) is 5.54. The van der Waals surface area contributed by atoms with Crippen LogP contribution >= 0.6 is 0 Å². The number of pyridine rings is 1. The molecule has 72 valence electrons. The maximum absolute atomic E-state index is 4.24. The summed E-state index contributed by atoms with van der Waals surface area (Å²) in [7, 11) is 0. The molecule has 2 aromatic heterocycles.